The first-order valence-electron chi connectivity index (χ1n) is 5.06. The summed E-state index contributed by atoms with van der Waals surface area (Å²) in [5, 5.41) is 0. The molecule has 1 aromatic rings. The van der Waals surface area contributed by atoms with Gasteiger partial charge in [0.2, 0.25) is 0 Å². The predicted octanol–water partition coefficient (Wildman–Crippen LogP) is 3.60. The van der Waals surface area contributed by atoms with Crippen molar-refractivity contribution >= 4 is 11.8 Å². The van der Waals surface area contributed by atoms with Gasteiger partial charge >= 0.3 is 6.18 Å². The van der Waals surface area contributed by atoms with E-state index in [-0.39, 0.29) is 0 Å². The van der Waals surface area contributed by atoms with E-state index in [0.29, 0.717) is 11.3 Å². The van der Waals surface area contributed by atoms with Crippen molar-refractivity contribution in [2.24, 2.45) is 5.73 Å². The highest BCUT2D eigenvalue weighted by molar-refractivity contribution is 7.99. The maximum atomic E-state index is 13.2. The molecular formula is C11H13F4NS. The van der Waals surface area contributed by atoms with Crippen LogP contribution in [0, 0.1) is 5.82 Å². The van der Waals surface area contributed by atoms with Gasteiger partial charge in [-0.2, -0.15) is 24.9 Å². The van der Waals surface area contributed by atoms with Gasteiger partial charge in [-0.05, 0) is 23.4 Å². The second-order valence-electron chi connectivity index (χ2n) is 3.50. The minimum atomic E-state index is -4.66. The Labute approximate surface area is 101 Å². The van der Waals surface area contributed by atoms with Crippen LogP contribution in [0.1, 0.15) is 24.1 Å². The fraction of sp³-hybridized carbons (Fsp3) is 0.455. The van der Waals surface area contributed by atoms with Gasteiger partial charge in [-0.3, -0.25) is 0 Å². The monoisotopic (exact) mass is 267 g/mol. The van der Waals surface area contributed by atoms with E-state index in [4.69, 9.17) is 5.73 Å². The molecule has 0 amide bonds. The molecule has 0 radical (unpaired) electrons. The van der Waals surface area contributed by atoms with Crippen LogP contribution in [-0.4, -0.2) is 11.5 Å². The minimum Gasteiger partial charge on any atom is -0.323 e. The van der Waals surface area contributed by atoms with Crippen LogP contribution in [0.15, 0.2) is 18.2 Å². The van der Waals surface area contributed by atoms with Gasteiger partial charge in [0.1, 0.15) is 5.82 Å². The Bertz CT molecular complexity index is 378. The normalized spacial score (nSPS) is 13.8. The first kappa shape index (κ1) is 14.3. The standard InChI is InChI=1S/C11H13F4NS/c1-2-17-6-10(16)7-3-4-8(9(12)5-7)11(13,14)15/h3-5,10H,2,6,16H2,1H3. The Kier molecular flexibility index (Phi) is 4.82. The van der Waals surface area contributed by atoms with E-state index in [9.17, 15) is 17.6 Å². The molecule has 0 saturated heterocycles. The van der Waals surface area contributed by atoms with Crippen molar-refractivity contribution in [1.82, 2.24) is 0 Å². The van der Waals surface area contributed by atoms with Gasteiger partial charge in [0.05, 0.1) is 5.56 Å². The van der Waals surface area contributed by atoms with Crippen LogP contribution in [-0.2, 0) is 6.18 Å². The number of benzene rings is 1. The Hall–Kier alpha value is -0.750. The summed E-state index contributed by atoms with van der Waals surface area (Å²) in [6.45, 7) is 1.95. The lowest BCUT2D eigenvalue weighted by molar-refractivity contribution is -0.140. The lowest BCUT2D eigenvalue weighted by Crippen LogP contribution is -2.15. The molecule has 1 aromatic carbocycles. The number of hydrogen-bond donors (Lipinski definition) is 1. The summed E-state index contributed by atoms with van der Waals surface area (Å²) in [4.78, 5) is 0. The molecule has 1 atom stereocenters. The Morgan fingerprint density at radius 1 is 1.35 bits per heavy atom. The summed E-state index contributed by atoms with van der Waals surface area (Å²) in [5.74, 6) is 0.143. The smallest absolute Gasteiger partial charge is 0.323 e. The number of hydrogen-bond acceptors (Lipinski definition) is 2. The number of thioether (sulfide) groups is 1. The summed E-state index contributed by atoms with van der Waals surface area (Å²) in [7, 11) is 0. The topological polar surface area (TPSA) is 26.0 Å². The van der Waals surface area contributed by atoms with Crippen molar-refractivity contribution in [2.45, 2.75) is 19.1 Å². The summed E-state index contributed by atoms with van der Waals surface area (Å²) < 4.78 is 50.2. The third-order valence-electron chi connectivity index (χ3n) is 2.23. The third-order valence-corrected chi connectivity index (χ3v) is 3.23. The molecule has 0 aliphatic rings. The molecule has 0 aliphatic carbocycles. The van der Waals surface area contributed by atoms with Crippen LogP contribution < -0.4 is 5.73 Å². The molecule has 96 valence electrons. The van der Waals surface area contributed by atoms with Gasteiger partial charge in [-0.15, -0.1) is 0 Å². The highest BCUT2D eigenvalue weighted by Crippen LogP contribution is 2.32. The van der Waals surface area contributed by atoms with Gasteiger partial charge in [0.15, 0.2) is 0 Å². The van der Waals surface area contributed by atoms with E-state index >= 15 is 0 Å². The van der Waals surface area contributed by atoms with Crippen LogP contribution in [0.4, 0.5) is 17.6 Å². The van der Waals surface area contributed by atoms with E-state index in [1.807, 2.05) is 6.92 Å². The average molecular weight is 267 g/mol. The van der Waals surface area contributed by atoms with Crippen molar-refractivity contribution in [3.63, 3.8) is 0 Å². The molecule has 0 spiro atoms. The van der Waals surface area contributed by atoms with E-state index < -0.39 is 23.6 Å². The Balaban J connectivity index is 2.89. The van der Waals surface area contributed by atoms with Crippen LogP contribution in [0.2, 0.25) is 0 Å². The van der Waals surface area contributed by atoms with Crippen molar-refractivity contribution in [2.75, 3.05) is 11.5 Å². The zero-order valence-electron chi connectivity index (χ0n) is 9.22. The van der Waals surface area contributed by atoms with Crippen LogP contribution in [0.25, 0.3) is 0 Å². The second-order valence-corrected chi connectivity index (χ2v) is 4.82. The molecule has 0 heterocycles. The summed E-state index contributed by atoms with van der Waals surface area (Å²) in [6.07, 6.45) is -4.66. The lowest BCUT2D eigenvalue weighted by Gasteiger charge is -2.13. The molecule has 0 fully saturated rings. The van der Waals surface area contributed by atoms with Gasteiger partial charge in [-0.1, -0.05) is 13.0 Å². The fourth-order valence-electron chi connectivity index (χ4n) is 1.33. The molecule has 17 heavy (non-hydrogen) atoms. The predicted molar refractivity (Wildman–Crippen MR) is 61.3 cm³/mol. The molecule has 2 N–H and O–H groups in total. The summed E-state index contributed by atoms with van der Waals surface area (Å²) in [5.41, 5.74) is 4.87. The van der Waals surface area contributed by atoms with Crippen molar-refractivity contribution in [1.29, 1.82) is 0 Å². The lowest BCUT2D eigenvalue weighted by atomic mass is 10.1. The molecule has 1 unspecified atom stereocenters. The maximum absolute atomic E-state index is 13.2. The molecule has 6 heteroatoms. The molecule has 0 aromatic heterocycles. The Morgan fingerprint density at radius 2 is 2.00 bits per heavy atom. The van der Waals surface area contributed by atoms with Crippen LogP contribution in [0.5, 0.6) is 0 Å². The van der Waals surface area contributed by atoms with Crippen molar-refractivity contribution in [3.05, 3.63) is 35.1 Å². The number of nitrogens with two attached hydrogens (primary N) is 1. The van der Waals surface area contributed by atoms with Crippen LogP contribution >= 0.6 is 11.8 Å². The van der Waals surface area contributed by atoms with Gasteiger partial charge in [-0.25, -0.2) is 4.39 Å². The molecular weight excluding hydrogens is 254 g/mol. The van der Waals surface area contributed by atoms with Gasteiger partial charge in [0, 0.05) is 11.8 Å². The summed E-state index contributed by atoms with van der Waals surface area (Å²) >= 11 is 1.56. The zero-order chi connectivity index (χ0) is 13.1. The highest BCUT2D eigenvalue weighted by Gasteiger charge is 2.34. The highest BCUT2D eigenvalue weighted by atomic mass is 32.2. The van der Waals surface area contributed by atoms with E-state index in [2.05, 4.69) is 0 Å². The van der Waals surface area contributed by atoms with E-state index in [1.54, 1.807) is 11.8 Å². The SMILES string of the molecule is CCSCC(N)c1ccc(C(F)(F)F)c(F)c1. The number of halogens is 4. The molecule has 0 aliphatic heterocycles. The van der Waals surface area contributed by atoms with Crippen LogP contribution in [0.3, 0.4) is 0 Å². The van der Waals surface area contributed by atoms with Crippen molar-refractivity contribution < 1.29 is 17.6 Å². The minimum absolute atomic E-state index is 0.386. The van der Waals surface area contributed by atoms with Crippen molar-refractivity contribution in [3.8, 4) is 0 Å². The van der Waals surface area contributed by atoms with E-state index in [0.717, 1.165) is 17.9 Å². The Morgan fingerprint density at radius 3 is 2.47 bits per heavy atom. The maximum Gasteiger partial charge on any atom is 0.419 e. The molecule has 0 saturated carbocycles. The quantitative estimate of drug-likeness (QED) is 0.843. The zero-order valence-corrected chi connectivity index (χ0v) is 10.0. The van der Waals surface area contributed by atoms with Gasteiger partial charge in [0.25, 0.3) is 0 Å². The fourth-order valence-corrected chi connectivity index (χ4v) is 2.02. The first-order chi connectivity index (χ1) is 7.86. The molecule has 0 bridgehead atoms. The number of alkyl halides is 3. The number of rotatable bonds is 4. The average Bonchev–Trinajstić information content (AvgIpc) is 2.23. The van der Waals surface area contributed by atoms with Gasteiger partial charge < -0.3 is 5.73 Å². The largest absolute Gasteiger partial charge is 0.419 e. The first-order valence-corrected chi connectivity index (χ1v) is 6.21. The second kappa shape index (κ2) is 5.73. The molecule has 1 rings (SSSR count). The summed E-state index contributed by atoms with van der Waals surface area (Å²) in [6, 6.07) is 2.38. The molecule has 1 nitrogen and oxygen atoms in total. The third kappa shape index (κ3) is 3.89. The van der Waals surface area contributed by atoms with E-state index in [1.165, 1.54) is 6.07 Å².